The van der Waals surface area contributed by atoms with Crippen LogP contribution in [-0.4, -0.2) is 42.5 Å². The lowest BCUT2D eigenvalue weighted by atomic mass is 10.1. The molecule has 11 heteroatoms. The highest BCUT2D eigenvalue weighted by atomic mass is 16.5. The van der Waals surface area contributed by atoms with Crippen molar-refractivity contribution in [2.75, 3.05) is 11.9 Å². The summed E-state index contributed by atoms with van der Waals surface area (Å²) in [6.45, 7) is 2.61. The van der Waals surface area contributed by atoms with Crippen LogP contribution in [0.2, 0.25) is 0 Å². The molecular formula is C24H23N7O4. The van der Waals surface area contributed by atoms with Gasteiger partial charge in [0.15, 0.2) is 6.10 Å². The third-order valence-electron chi connectivity index (χ3n) is 5.83. The fraction of sp³-hybridized carbons (Fsp3) is 0.208. The number of aryl methyl sites for hydroxylation is 2. The van der Waals surface area contributed by atoms with E-state index in [0.29, 0.717) is 47.3 Å². The topological polar surface area (TPSA) is 139 Å². The van der Waals surface area contributed by atoms with Gasteiger partial charge in [-0.25, -0.2) is 14.0 Å². The van der Waals surface area contributed by atoms with Crippen molar-refractivity contribution < 1.29 is 14.3 Å². The first-order valence-corrected chi connectivity index (χ1v) is 11.0. The molecular weight excluding hydrogens is 450 g/mol. The molecule has 2 aromatic carbocycles. The van der Waals surface area contributed by atoms with Gasteiger partial charge >= 0.3 is 5.69 Å². The summed E-state index contributed by atoms with van der Waals surface area (Å²) in [5.41, 5.74) is 8.69. The molecule has 2 amide bonds. The first kappa shape index (κ1) is 22.3. The monoisotopic (exact) mass is 473 g/mol. The molecule has 0 aliphatic carbocycles. The predicted octanol–water partition coefficient (Wildman–Crippen LogP) is 1.55. The number of anilines is 1. The van der Waals surface area contributed by atoms with Crippen LogP contribution < -0.4 is 16.7 Å². The molecule has 1 atom stereocenters. The molecule has 1 aliphatic rings. The van der Waals surface area contributed by atoms with Gasteiger partial charge in [0.1, 0.15) is 5.82 Å². The van der Waals surface area contributed by atoms with E-state index in [0.717, 1.165) is 5.56 Å². The number of primary amides is 1. The number of nitrogens with zero attached hydrogens (tertiary/aromatic N) is 5. The van der Waals surface area contributed by atoms with Crippen molar-refractivity contribution in [1.82, 2.24) is 24.1 Å². The molecule has 0 spiro atoms. The van der Waals surface area contributed by atoms with Crippen LogP contribution in [0.15, 0.2) is 59.4 Å². The number of nitrogens with one attached hydrogen (secondary N) is 1. The van der Waals surface area contributed by atoms with Crippen LogP contribution in [0, 0.1) is 6.92 Å². The van der Waals surface area contributed by atoms with Gasteiger partial charge in [-0.15, -0.1) is 0 Å². The molecule has 5 rings (SSSR count). The second kappa shape index (κ2) is 8.69. The molecule has 0 fully saturated rings. The van der Waals surface area contributed by atoms with Crippen molar-refractivity contribution in [2.24, 2.45) is 12.8 Å². The van der Waals surface area contributed by atoms with Gasteiger partial charge in [-0.3, -0.25) is 14.3 Å². The van der Waals surface area contributed by atoms with Crippen molar-refractivity contribution in [3.63, 3.8) is 0 Å². The molecule has 178 valence electrons. The Labute approximate surface area is 199 Å². The number of carbonyl (C=O) groups is 2. The number of nitrogens with two attached hydrogens (primary N) is 1. The summed E-state index contributed by atoms with van der Waals surface area (Å²) in [4.78, 5) is 36.8. The van der Waals surface area contributed by atoms with Crippen LogP contribution in [0.5, 0.6) is 0 Å². The van der Waals surface area contributed by atoms with E-state index in [4.69, 9.17) is 10.5 Å². The lowest BCUT2D eigenvalue weighted by Gasteiger charge is -2.23. The number of carbonyl (C=O) groups excluding carboxylic acids is 2. The summed E-state index contributed by atoms with van der Waals surface area (Å²) in [6, 6.07) is 15.6. The molecule has 0 saturated carbocycles. The highest BCUT2D eigenvalue weighted by Crippen LogP contribution is 2.29. The summed E-state index contributed by atoms with van der Waals surface area (Å²) in [5, 5.41) is 11.6. The predicted molar refractivity (Wildman–Crippen MR) is 127 cm³/mol. The highest BCUT2D eigenvalue weighted by Gasteiger charge is 2.30. The van der Waals surface area contributed by atoms with Crippen LogP contribution in [0.25, 0.3) is 16.9 Å². The fourth-order valence-corrected chi connectivity index (χ4v) is 4.14. The Bertz CT molecular complexity index is 1500. The van der Waals surface area contributed by atoms with Gasteiger partial charge in [0.25, 0.3) is 5.91 Å². The van der Waals surface area contributed by atoms with E-state index < -0.39 is 12.0 Å². The largest absolute Gasteiger partial charge is 0.366 e. The number of hydrogen-bond acceptors (Lipinski definition) is 6. The normalized spacial score (nSPS) is 15.0. The highest BCUT2D eigenvalue weighted by molar-refractivity contribution is 5.98. The average Bonchev–Trinajstić information content (AvgIpc) is 3.39. The van der Waals surface area contributed by atoms with Crippen LogP contribution >= 0.6 is 0 Å². The number of ether oxygens (including phenoxy) is 1. The third-order valence-corrected chi connectivity index (χ3v) is 5.83. The SMILES string of the molecule is Cc1nn(C)c(=O)n1-c1ccc(-c2cc3n(n2)CCOC3C(=O)Nc2cccc(C(N)=O)c2)cc1. The Balaban J connectivity index is 1.39. The van der Waals surface area contributed by atoms with Crippen LogP contribution in [0.1, 0.15) is 28.0 Å². The van der Waals surface area contributed by atoms with Crippen molar-refractivity contribution in [3.05, 3.63) is 82.2 Å². The van der Waals surface area contributed by atoms with Crippen molar-refractivity contribution in [2.45, 2.75) is 19.6 Å². The van der Waals surface area contributed by atoms with Gasteiger partial charge in [0.05, 0.1) is 30.2 Å². The maximum atomic E-state index is 13.0. The summed E-state index contributed by atoms with van der Waals surface area (Å²) in [5.74, 6) is -0.358. The van der Waals surface area contributed by atoms with Crippen LogP contribution in [-0.2, 0) is 23.1 Å². The molecule has 3 N–H and O–H groups in total. The molecule has 11 nitrogen and oxygen atoms in total. The maximum Gasteiger partial charge on any atom is 0.350 e. The lowest BCUT2D eigenvalue weighted by molar-refractivity contribution is -0.130. The average molecular weight is 473 g/mol. The Morgan fingerprint density at radius 1 is 1.11 bits per heavy atom. The van der Waals surface area contributed by atoms with Gasteiger partial charge in [-0.1, -0.05) is 18.2 Å². The van der Waals surface area contributed by atoms with Gasteiger partial charge in [0, 0.05) is 23.9 Å². The first-order valence-electron chi connectivity index (χ1n) is 11.0. The summed E-state index contributed by atoms with van der Waals surface area (Å²) in [6.07, 6.45) is -0.863. The van der Waals surface area contributed by atoms with Crippen molar-refractivity contribution in [3.8, 4) is 16.9 Å². The van der Waals surface area contributed by atoms with Gasteiger partial charge in [0.2, 0.25) is 5.91 Å². The zero-order valence-corrected chi connectivity index (χ0v) is 19.1. The minimum atomic E-state index is -0.863. The van der Waals surface area contributed by atoms with E-state index in [2.05, 4.69) is 15.5 Å². The number of rotatable bonds is 5. The summed E-state index contributed by atoms with van der Waals surface area (Å²) >= 11 is 0. The Kier molecular flexibility index (Phi) is 5.53. The zero-order valence-electron chi connectivity index (χ0n) is 19.1. The van der Waals surface area contributed by atoms with E-state index in [1.807, 2.05) is 30.3 Å². The molecule has 0 saturated heterocycles. The minimum absolute atomic E-state index is 0.222. The number of amides is 2. The van der Waals surface area contributed by atoms with E-state index in [9.17, 15) is 14.4 Å². The summed E-state index contributed by atoms with van der Waals surface area (Å²) in [7, 11) is 1.61. The maximum absolute atomic E-state index is 13.0. The van der Waals surface area contributed by atoms with Crippen LogP contribution in [0.4, 0.5) is 5.69 Å². The van der Waals surface area contributed by atoms with E-state index in [1.54, 1.807) is 36.9 Å². The second-order valence-corrected chi connectivity index (χ2v) is 8.20. The molecule has 1 aliphatic heterocycles. The Morgan fingerprint density at radius 3 is 2.57 bits per heavy atom. The molecule has 4 aromatic rings. The number of aromatic nitrogens is 5. The fourth-order valence-electron chi connectivity index (χ4n) is 4.14. The van der Waals surface area contributed by atoms with Crippen molar-refractivity contribution in [1.29, 1.82) is 0 Å². The molecule has 1 unspecified atom stereocenters. The molecule has 0 radical (unpaired) electrons. The lowest BCUT2D eigenvalue weighted by Crippen LogP contribution is -2.31. The van der Waals surface area contributed by atoms with Crippen molar-refractivity contribution >= 4 is 17.5 Å². The quantitative estimate of drug-likeness (QED) is 0.451. The minimum Gasteiger partial charge on any atom is -0.366 e. The van der Waals surface area contributed by atoms with E-state index in [-0.39, 0.29) is 11.6 Å². The molecule has 2 aromatic heterocycles. The van der Waals surface area contributed by atoms with Gasteiger partial charge < -0.3 is 15.8 Å². The molecule has 0 bridgehead atoms. The summed E-state index contributed by atoms with van der Waals surface area (Å²) < 4.78 is 10.3. The molecule has 3 heterocycles. The second-order valence-electron chi connectivity index (χ2n) is 8.20. The number of fused-ring (bicyclic) bond motifs is 1. The van der Waals surface area contributed by atoms with E-state index >= 15 is 0 Å². The third kappa shape index (κ3) is 4.13. The van der Waals surface area contributed by atoms with Gasteiger partial charge in [-0.05, 0) is 43.3 Å². The first-order chi connectivity index (χ1) is 16.8. The standard InChI is InChI=1S/C24H23N7O4/c1-14-27-29(2)24(34)31(14)18-8-6-15(7-9-18)19-13-20-21(35-11-10-30(20)28-19)23(33)26-17-5-3-4-16(12-17)22(25)32/h3-9,12-13,21H,10-11H2,1-2H3,(H2,25,32)(H,26,33). The Hall–Kier alpha value is -4.51. The zero-order chi connectivity index (χ0) is 24.7. The van der Waals surface area contributed by atoms with Gasteiger partial charge in [-0.2, -0.15) is 10.2 Å². The Morgan fingerprint density at radius 2 is 1.89 bits per heavy atom. The molecule has 35 heavy (non-hydrogen) atoms. The number of hydrogen-bond donors (Lipinski definition) is 2. The smallest absolute Gasteiger partial charge is 0.350 e. The van der Waals surface area contributed by atoms with E-state index in [1.165, 1.54) is 15.3 Å². The number of benzene rings is 2. The van der Waals surface area contributed by atoms with Crippen LogP contribution in [0.3, 0.4) is 0 Å².